The van der Waals surface area contributed by atoms with Gasteiger partial charge in [0.1, 0.15) is 0 Å². The van der Waals surface area contributed by atoms with Gasteiger partial charge in [-0.3, -0.25) is 14.5 Å². The standard InChI is InChI=1S/C34H32N4O3/c1-22-12-13-28-26(20-22)36-32-29(41-28)21-27(30-31(32)34(40)25-11-6-5-10-24(25)33(30)39)35-14-7-15-37-16-18-38(19-17-37)23-8-3-2-4-9-23/h2-6,8-13,20-21,35-36H,7,14-19H2,1H3. The van der Waals surface area contributed by atoms with Crippen molar-refractivity contribution in [2.24, 2.45) is 0 Å². The highest BCUT2D eigenvalue weighted by molar-refractivity contribution is 6.14. The average molecular weight is 545 g/mol. The summed E-state index contributed by atoms with van der Waals surface area (Å²) in [4.78, 5) is 36.0. The number of para-hydroxylation sites is 1. The van der Waals surface area contributed by atoms with E-state index in [9.17, 15) is 9.59 Å². The predicted octanol–water partition coefficient (Wildman–Crippen LogP) is 5.87. The first kappa shape index (κ1) is 25.4. The van der Waals surface area contributed by atoms with Crippen LogP contribution in [0.15, 0.2) is 92.9 Å². The fraction of sp³-hybridized carbons (Fsp3) is 0.235. The van der Waals surface area contributed by atoms with Crippen LogP contribution >= 0.6 is 0 Å². The van der Waals surface area contributed by atoms with E-state index < -0.39 is 0 Å². The molecule has 0 atom stereocenters. The topological polar surface area (TPSA) is 81.6 Å². The highest BCUT2D eigenvalue weighted by atomic mass is 16.3. The van der Waals surface area contributed by atoms with Crippen LogP contribution in [0.2, 0.25) is 0 Å². The second-order valence-electron chi connectivity index (χ2n) is 10.9. The molecule has 2 heterocycles. The summed E-state index contributed by atoms with van der Waals surface area (Å²) in [6.45, 7) is 7.71. The van der Waals surface area contributed by atoms with Gasteiger partial charge in [0, 0.05) is 60.9 Å². The number of piperazine rings is 1. The van der Waals surface area contributed by atoms with Gasteiger partial charge in [-0.25, -0.2) is 0 Å². The lowest BCUT2D eigenvalue weighted by Crippen LogP contribution is -2.46. The van der Waals surface area contributed by atoms with Gasteiger partial charge in [0.2, 0.25) is 0 Å². The molecule has 7 rings (SSSR count). The van der Waals surface area contributed by atoms with Crippen LogP contribution in [0.3, 0.4) is 0 Å². The van der Waals surface area contributed by atoms with Gasteiger partial charge in [-0.2, -0.15) is 0 Å². The molecule has 1 saturated heterocycles. The predicted molar refractivity (Wildman–Crippen MR) is 169 cm³/mol. The Hall–Kier alpha value is -4.62. The fourth-order valence-electron chi connectivity index (χ4n) is 6.09. The Labute approximate surface area is 237 Å². The maximum atomic E-state index is 13.8. The van der Waals surface area contributed by atoms with Gasteiger partial charge in [-0.1, -0.05) is 48.5 Å². The number of rotatable bonds is 6. The van der Waals surface area contributed by atoms with Crippen LogP contribution in [-0.4, -0.2) is 49.2 Å². The van der Waals surface area contributed by atoms with Crippen LogP contribution in [-0.2, 0) is 0 Å². The molecule has 1 aliphatic rings. The van der Waals surface area contributed by atoms with Crippen LogP contribution in [0.5, 0.6) is 0 Å². The number of nitrogens with one attached hydrogen (secondary N) is 2. The van der Waals surface area contributed by atoms with Gasteiger partial charge in [0.15, 0.2) is 22.0 Å². The average Bonchev–Trinajstić information content (AvgIpc) is 3.01. The number of benzene rings is 5. The zero-order valence-corrected chi connectivity index (χ0v) is 23.1. The van der Waals surface area contributed by atoms with Gasteiger partial charge < -0.3 is 19.6 Å². The summed E-state index contributed by atoms with van der Waals surface area (Å²) in [6.07, 6.45) is 0.914. The van der Waals surface area contributed by atoms with Gasteiger partial charge in [-0.05, 0) is 49.7 Å². The highest BCUT2D eigenvalue weighted by Crippen LogP contribution is 2.31. The van der Waals surface area contributed by atoms with Gasteiger partial charge >= 0.3 is 0 Å². The molecule has 1 aromatic heterocycles. The van der Waals surface area contributed by atoms with Crippen LogP contribution < -0.4 is 21.1 Å². The van der Waals surface area contributed by atoms with Crippen LogP contribution in [0.1, 0.15) is 12.0 Å². The van der Waals surface area contributed by atoms with Crippen molar-refractivity contribution in [2.75, 3.05) is 49.5 Å². The number of H-pyrrole nitrogens is 1. The molecule has 1 fully saturated rings. The van der Waals surface area contributed by atoms with Crippen molar-refractivity contribution in [2.45, 2.75) is 13.3 Å². The number of anilines is 2. The molecule has 41 heavy (non-hydrogen) atoms. The maximum Gasteiger partial charge on any atom is 0.196 e. The Morgan fingerprint density at radius 3 is 2.27 bits per heavy atom. The SMILES string of the molecule is Cc1ccc2oc3cc(NCCCN4CCN(c5ccccc5)CC4)c4c(=O)c5ccccc5c(=O)c4c3[nH]c2c1. The molecule has 0 aliphatic carbocycles. The van der Waals surface area contributed by atoms with E-state index in [1.807, 2.05) is 31.2 Å². The number of hydrogen-bond acceptors (Lipinski definition) is 6. The monoisotopic (exact) mass is 544 g/mol. The summed E-state index contributed by atoms with van der Waals surface area (Å²) in [5.74, 6) is 0. The molecule has 206 valence electrons. The van der Waals surface area contributed by atoms with Crippen molar-refractivity contribution in [3.63, 3.8) is 0 Å². The van der Waals surface area contributed by atoms with E-state index in [-0.39, 0.29) is 10.9 Å². The summed E-state index contributed by atoms with van der Waals surface area (Å²) in [5.41, 5.74) is 5.25. The number of hydrogen-bond donors (Lipinski definition) is 2. The number of nitrogens with zero attached hydrogens (tertiary/aromatic N) is 2. The van der Waals surface area contributed by atoms with E-state index in [0.29, 0.717) is 50.5 Å². The normalized spacial score (nSPS) is 14.4. The molecular weight excluding hydrogens is 512 g/mol. The fourth-order valence-corrected chi connectivity index (χ4v) is 6.09. The number of fused-ring (bicyclic) bond motifs is 5. The lowest BCUT2D eigenvalue weighted by Gasteiger charge is -2.36. The lowest BCUT2D eigenvalue weighted by molar-refractivity contribution is 0.257. The van der Waals surface area contributed by atoms with Crippen molar-refractivity contribution in [3.05, 3.63) is 105 Å². The van der Waals surface area contributed by atoms with Crippen molar-refractivity contribution in [1.29, 1.82) is 0 Å². The molecule has 0 spiro atoms. The van der Waals surface area contributed by atoms with Crippen molar-refractivity contribution in [1.82, 2.24) is 9.88 Å². The summed E-state index contributed by atoms with van der Waals surface area (Å²) >= 11 is 0. The molecule has 1 aliphatic heterocycles. The summed E-state index contributed by atoms with van der Waals surface area (Å²) in [5, 5.41) is 5.15. The molecule has 0 amide bonds. The maximum absolute atomic E-state index is 13.8. The first-order chi connectivity index (χ1) is 20.1. The van der Waals surface area contributed by atoms with Crippen molar-refractivity contribution in [3.8, 4) is 0 Å². The Morgan fingerprint density at radius 1 is 0.805 bits per heavy atom. The Morgan fingerprint density at radius 2 is 1.51 bits per heavy atom. The number of aryl methyl sites for hydroxylation is 1. The Bertz CT molecular complexity index is 2020. The molecule has 0 bridgehead atoms. The summed E-state index contributed by atoms with van der Waals surface area (Å²) in [6, 6.07) is 25.4. The molecule has 5 aromatic carbocycles. The third kappa shape index (κ3) is 4.62. The largest absolute Gasteiger partial charge is 0.453 e. The van der Waals surface area contributed by atoms with E-state index in [1.54, 1.807) is 24.3 Å². The molecule has 2 N–H and O–H groups in total. The zero-order chi connectivity index (χ0) is 27.9. The Kier molecular flexibility index (Phi) is 6.44. The van der Waals surface area contributed by atoms with Gasteiger partial charge in [0.05, 0.1) is 21.8 Å². The van der Waals surface area contributed by atoms with Gasteiger partial charge in [0.25, 0.3) is 0 Å². The van der Waals surface area contributed by atoms with Gasteiger partial charge in [-0.15, -0.1) is 0 Å². The number of aromatic amines is 1. The molecule has 0 radical (unpaired) electrons. The third-order valence-electron chi connectivity index (χ3n) is 8.24. The van der Waals surface area contributed by atoms with E-state index in [4.69, 9.17) is 4.42 Å². The molecule has 7 heteroatoms. The molecule has 0 saturated carbocycles. The van der Waals surface area contributed by atoms with E-state index in [0.717, 1.165) is 50.2 Å². The van der Waals surface area contributed by atoms with Crippen LogP contribution in [0, 0.1) is 6.92 Å². The third-order valence-corrected chi connectivity index (χ3v) is 8.24. The summed E-state index contributed by atoms with van der Waals surface area (Å²) in [7, 11) is 0. The van der Waals surface area contributed by atoms with Crippen molar-refractivity contribution >= 4 is 55.1 Å². The molecule has 7 nitrogen and oxygen atoms in total. The first-order valence-corrected chi connectivity index (χ1v) is 14.3. The quantitative estimate of drug-likeness (QED) is 0.155. The minimum absolute atomic E-state index is 0.144. The second-order valence-corrected chi connectivity index (χ2v) is 10.9. The van der Waals surface area contributed by atoms with Crippen LogP contribution in [0.4, 0.5) is 11.4 Å². The van der Waals surface area contributed by atoms with Crippen LogP contribution in [0.25, 0.3) is 43.7 Å². The first-order valence-electron chi connectivity index (χ1n) is 14.3. The molecule has 6 aromatic rings. The smallest absolute Gasteiger partial charge is 0.196 e. The second kappa shape index (κ2) is 10.4. The van der Waals surface area contributed by atoms with E-state index in [2.05, 4.69) is 50.4 Å². The van der Waals surface area contributed by atoms with E-state index in [1.165, 1.54) is 5.69 Å². The summed E-state index contributed by atoms with van der Waals surface area (Å²) < 4.78 is 6.28. The molecular formula is C34H32N4O3. The minimum Gasteiger partial charge on any atom is -0.453 e. The van der Waals surface area contributed by atoms with Crippen molar-refractivity contribution < 1.29 is 4.42 Å². The number of aromatic nitrogens is 1. The Balaban J connectivity index is 1.19. The van der Waals surface area contributed by atoms with E-state index >= 15 is 0 Å². The highest BCUT2D eigenvalue weighted by Gasteiger charge is 2.20. The zero-order valence-electron chi connectivity index (χ0n) is 23.1. The molecule has 0 unspecified atom stereocenters. The minimum atomic E-state index is -0.168. The lowest BCUT2D eigenvalue weighted by atomic mass is 9.99.